The summed E-state index contributed by atoms with van der Waals surface area (Å²) in [5, 5.41) is 8.05. The molecule has 1 saturated heterocycles. The molecule has 3 rings (SSSR count). The fraction of sp³-hybridized carbons (Fsp3) is 0.812. The molecule has 0 amide bonds. The Morgan fingerprint density at radius 3 is 2.81 bits per heavy atom. The van der Waals surface area contributed by atoms with Gasteiger partial charge in [0.05, 0.1) is 18.4 Å². The van der Waals surface area contributed by atoms with E-state index in [2.05, 4.69) is 22.2 Å². The molecular formula is C16H28N4O. The molecule has 1 atom stereocenters. The van der Waals surface area contributed by atoms with Gasteiger partial charge in [-0.05, 0) is 51.6 Å². The van der Waals surface area contributed by atoms with E-state index in [0.717, 1.165) is 30.1 Å². The van der Waals surface area contributed by atoms with E-state index in [9.17, 15) is 0 Å². The highest BCUT2D eigenvalue weighted by molar-refractivity contribution is 5.31. The summed E-state index contributed by atoms with van der Waals surface area (Å²) in [7, 11) is 3.70. The summed E-state index contributed by atoms with van der Waals surface area (Å²) in [5.41, 5.74) is 2.36. The predicted octanol–water partition coefficient (Wildman–Crippen LogP) is 1.70. The molecule has 1 N–H and O–H groups in total. The maximum atomic E-state index is 5.55. The minimum absolute atomic E-state index is 0.774. The van der Waals surface area contributed by atoms with E-state index >= 15 is 0 Å². The van der Waals surface area contributed by atoms with E-state index in [1.807, 2.05) is 11.7 Å². The van der Waals surface area contributed by atoms with Gasteiger partial charge in [0.25, 0.3) is 0 Å². The second-order valence-electron chi connectivity index (χ2n) is 6.57. The molecule has 21 heavy (non-hydrogen) atoms. The van der Waals surface area contributed by atoms with Crippen molar-refractivity contribution in [2.75, 3.05) is 26.7 Å². The Hall–Kier alpha value is -1.07. The first-order chi connectivity index (χ1) is 10.2. The van der Waals surface area contributed by atoms with Crippen LogP contribution in [-0.2, 0) is 13.6 Å². The average Bonchev–Trinajstić information content (AvgIpc) is 3.27. The summed E-state index contributed by atoms with van der Waals surface area (Å²) in [6.07, 6.45) is 5.38. The lowest BCUT2D eigenvalue weighted by Gasteiger charge is -2.30. The zero-order valence-electron chi connectivity index (χ0n) is 13.6. The van der Waals surface area contributed by atoms with E-state index in [1.54, 1.807) is 7.11 Å². The van der Waals surface area contributed by atoms with Gasteiger partial charge in [-0.1, -0.05) is 0 Å². The Labute approximate surface area is 127 Å². The van der Waals surface area contributed by atoms with Gasteiger partial charge in [-0.2, -0.15) is 5.10 Å². The van der Waals surface area contributed by atoms with E-state index in [-0.39, 0.29) is 0 Å². The third-order valence-electron chi connectivity index (χ3n) is 4.80. The monoisotopic (exact) mass is 292 g/mol. The van der Waals surface area contributed by atoms with Crippen molar-refractivity contribution in [2.24, 2.45) is 13.0 Å². The van der Waals surface area contributed by atoms with Crippen molar-refractivity contribution >= 4 is 0 Å². The van der Waals surface area contributed by atoms with Crippen LogP contribution >= 0.6 is 0 Å². The van der Waals surface area contributed by atoms with Crippen molar-refractivity contribution in [3.63, 3.8) is 0 Å². The summed E-state index contributed by atoms with van der Waals surface area (Å²) in [6, 6.07) is 0.774. The molecule has 1 aromatic heterocycles. The van der Waals surface area contributed by atoms with Crippen LogP contribution in [0.5, 0.6) is 5.88 Å². The maximum absolute atomic E-state index is 5.55. The maximum Gasteiger partial charge on any atom is 0.216 e. The Bertz CT molecular complexity index is 475. The first kappa shape index (κ1) is 14.9. The molecule has 1 saturated carbocycles. The van der Waals surface area contributed by atoms with Gasteiger partial charge in [0, 0.05) is 26.2 Å². The van der Waals surface area contributed by atoms with E-state index in [0.29, 0.717) is 0 Å². The number of piperidine rings is 1. The lowest BCUT2D eigenvalue weighted by Crippen LogP contribution is -2.39. The highest BCUT2D eigenvalue weighted by Gasteiger charge is 2.32. The SMILES string of the molecule is COc1c(CN(CC2CCCNC2)C2CC2)c(C)nn1C. The lowest BCUT2D eigenvalue weighted by atomic mass is 9.98. The van der Waals surface area contributed by atoms with Crippen molar-refractivity contribution in [3.05, 3.63) is 11.3 Å². The highest BCUT2D eigenvalue weighted by atomic mass is 16.5. The van der Waals surface area contributed by atoms with Crippen molar-refractivity contribution in [2.45, 2.75) is 45.2 Å². The van der Waals surface area contributed by atoms with Crippen LogP contribution in [0.1, 0.15) is 36.9 Å². The smallest absolute Gasteiger partial charge is 0.216 e. The molecule has 1 unspecified atom stereocenters. The molecule has 5 heteroatoms. The molecule has 1 aliphatic heterocycles. The highest BCUT2D eigenvalue weighted by Crippen LogP contribution is 2.32. The normalized spacial score (nSPS) is 22.8. The fourth-order valence-corrected chi connectivity index (χ4v) is 3.52. The van der Waals surface area contributed by atoms with E-state index in [1.165, 1.54) is 50.9 Å². The van der Waals surface area contributed by atoms with Crippen LogP contribution in [0, 0.1) is 12.8 Å². The standard InChI is InChI=1S/C16H28N4O/c1-12-15(16(21-3)19(2)18-12)11-20(14-6-7-14)10-13-5-4-8-17-9-13/h13-14,17H,4-11H2,1-3H3. The van der Waals surface area contributed by atoms with Crippen LogP contribution in [0.4, 0.5) is 0 Å². The van der Waals surface area contributed by atoms with Gasteiger partial charge >= 0.3 is 0 Å². The summed E-state index contributed by atoms with van der Waals surface area (Å²) < 4.78 is 7.41. The van der Waals surface area contributed by atoms with Crippen LogP contribution in [0.2, 0.25) is 0 Å². The number of rotatable bonds is 6. The van der Waals surface area contributed by atoms with Crippen LogP contribution in [-0.4, -0.2) is 47.5 Å². The second-order valence-corrected chi connectivity index (χ2v) is 6.57. The molecule has 5 nitrogen and oxygen atoms in total. The van der Waals surface area contributed by atoms with Crippen LogP contribution in [0.3, 0.4) is 0 Å². The van der Waals surface area contributed by atoms with Crippen LogP contribution < -0.4 is 10.1 Å². The van der Waals surface area contributed by atoms with Gasteiger partial charge in [0.15, 0.2) is 0 Å². The minimum atomic E-state index is 0.774. The first-order valence-electron chi connectivity index (χ1n) is 8.20. The van der Waals surface area contributed by atoms with Crippen molar-refractivity contribution in [3.8, 4) is 5.88 Å². The number of aromatic nitrogens is 2. The summed E-state index contributed by atoms with van der Waals surface area (Å²) in [4.78, 5) is 2.66. The topological polar surface area (TPSA) is 42.3 Å². The summed E-state index contributed by atoms with van der Waals surface area (Å²) >= 11 is 0. The summed E-state index contributed by atoms with van der Waals surface area (Å²) in [6.45, 7) is 6.63. The van der Waals surface area contributed by atoms with Crippen LogP contribution in [0.25, 0.3) is 0 Å². The third-order valence-corrected chi connectivity index (χ3v) is 4.80. The number of nitrogens with zero attached hydrogens (tertiary/aromatic N) is 3. The molecule has 2 fully saturated rings. The Morgan fingerprint density at radius 1 is 1.38 bits per heavy atom. The molecule has 1 aliphatic carbocycles. The van der Waals surface area contributed by atoms with E-state index in [4.69, 9.17) is 4.74 Å². The molecule has 118 valence electrons. The number of methoxy groups -OCH3 is 1. The molecule has 2 heterocycles. The summed E-state index contributed by atoms with van der Waals surface area (Å²) in [5.74, 6) is 1.71. The van der Waals surface area contributed by atoms with Gasteiger partial charge in [-0.15, -0.1) is 0 Å². The molecule has 2 aliphatic rings. The second kappa shape index (κ2) is 6.36. The molecule has 0 bridgehead atoms. The lowest BCUT2D eigenvalue weighted by molar-refractivity contribution is 0.190. The number of ether oxygens (including phenoxy) is 1. The van der Waals surface area contributed by atoms with Crippen molar-refractivity contribution in [1.29, 1.82) is 0 Å². The number of hydrogen-bond acceptors (Lipinski definition) is 4. The zero-order chi connectivity index (χ0) is 14.8. The molecule has 0 spiro atoms. The number of aryl methyl sites for hydroxylation is 2. The van der Waals surface area contributed by atoms with Gasteiger partial charge in [0.1, 0.15) is 0 Å². The van der Waals surface area contributed by atoms with Gasteiger partial charge in [0.2, 0.25) is 5.88 Å². The number of hydrogen-bond donors (Lipinski definition) is 1. The molecular weight excluding hydrogens is 264 g/mol. The molecule has 0 radical (unpaired) electrons. The minimum Gasteiger partial charge on any atom is -0.481 e. The Morgan fingerprint density at radius 2 is 2.19 bits per heavy atom. The van der Waals surface area contributed by atoms with Gasteiger partial charge in [-0.25, -0.2) is 4.68 Å². The quantitative estimate of drug-likeness (QED) is 0.866. The molecule has 1 aromatic rings. The third kappa shape index (κ3) is 3.40. The predicted molar refractivity (Wildman–Crippen MR) is 83.5 cm³/mol. The van der Waals surface area contributed by atoms with Crippen LogP contribution in [0.15, 0.2) is 0 Å². The average molecular weight is 292 g/mol. The zero-order valence-corrected chi connectivity index (χ0v) is 13.6. The fourth-order valence-electron chi connectivity index (χ4n) is 3.52. The molecule has 0 aromatic carbocycles. The van der Waals surface area contributed by atoms with Gasteiger partial charge < -0.3 is 10.1 Å². The first-order valence-corrected chi connectivity index (χ1v) is 8.20. The Kier molecular flexibility index (Phi) is 4.50. The van der Waals surface area contributed by atoms with Crippen molar-refractivity contribution in [1.82, 2.24) is 20.0 Å². The Balaban J connectivity index is 1.70. The largest absolute Gasteiger partial charge is 0.481 e. The van der Waals surface area contributed by atoms with Crippen molar-refractivity contribution < 1.29 is 4.74 Å². The van der Waals surface area contributed by atoms with E-state index < -0.39 is 0 Å². The van der Waals surface area contributed by atoms with Gasteiger partial charge in [-0.3, -0.25) is 4.90 Å². The number of nitrogens with one attached hydrogen (secondary N) is 1.